The van der Waals surface area contributed by atoms with Gasteiger partial charge in [-0.2, -0.15) is 0 Å². The first-order valence-corrected chi connectivity index (χ1v) is 6.66. The number of benzene rings is 2. The van der Waals surface area contributed by atoms with Crippen LogP contribution < -0.4 is 0 Å². The Balaban J connectivity index is 1.85. The molecule has 0 unspecified atom stereocenters. The lowest BCUT2D eigenvalue weighted by Crippen LogP contribution is -2.35. The predicted molar refractivity (Wildman–Crippen MR) is 76.3 cm³/mol. The minimum absolute atomic E-state index is 0.185. The van der Waals surface area contributed by atoms with E-state index in [9.17, 15) is 20.1 Å². The minimum Gasteiger partial charge on any atom is -0.508 e. The zero-order valence-electron chi connectivity index (χ0n) is 11.3. The third-order valence-corrected chi connectivity index (χ3v) is 3.71. The summed E-state index contributed by atoms with van der Waals surface area (Å²) in [6.45, 7) is 1.00. The third-order valence-electron chi connectivity index (χ3n) is 3.71. The van der Waals surface area contributed by atoms with Gasteiger partial charge in [0.1, 0.15) is 5.75 Å². The van der Waals surface area contributed by atoms with Crippen molar-refractivity contribution in [2.45, 2.75) is 13.0 Å². The Morgan fingerprint density at radius 1 is 0.952 bits per heavy atom. The summed E-state index contributed by atoms with van der Waals surface area (Å²) in [6.07, 6.45) is 0.728. The van der Waals surface area contributed by atoms with Crippen LogP contribution in [0.15, 0.2) is 36.4 Å². The Bertz CT molecular complexity index is 711. The van der Waals surface area contributed by atoms with E-state index in [4.69, 9.17) is 0 Å². The molecule has 3 rings (SSSR count). The van der Waals surface area contributed by atoms with Gasteiger partial charge in [-0.1, -0.05) is 6.07 Å². The number of nitrogens with zero attached hydrogens (tertiary/aromatic N) is 1. The first-order chi connectivity index (χ1) is 10.0. The SMILES string of the molecule is O=C(c1ccc(O)c(O)c1)N1CCc2ccc(O)cc2C1. The molecular formula is C16H15NO4. The van der Waals surface area contributed by atoms with E-state index in [0.717, 1.165) is 17.5 Å². The highest BCUT2D eigenvalue weighted by molar-refractivity contribution is 5.95. The lowest BCUT2D eigenvalue weighted by molar-refractivity contribution is 0.0734. The van der Waals surface area contributed by atoms with Crippen molar-refractivity contribution in [3.8, 4) is 17.2 Å². The number of rotatable bonds is 1. The average molecular weight is 285 g/mol. The molecule has 2 aromatic rings. The standard InChI is InChI=1S/C16H15NO4/c18-13-3-1-10-5-6-17(9-12(10)7-13)16(21)11-2-4-14(19)15(20)8-11/h1-4,7-8,18-20H,5-6,9H2. The van der Waals surface area contributed by atoms with Crippen molar-refractivity contribution < 1.29 is 20.1 Å². The van der Waals surface area contributed by atoms with Gasteiger partial charge < -0.3 is 20.2 Å². The van der Waals surface area contributed by atoms with Crippen LogP contribution in [0.5, 0.6) is 17.2 Å². The van der Waals surface area contributed by atoms with E-state index < -0.39 is 0 Å². The number of phenolic OH excluding ortho intramolecular Hbond substituents is 3. The first kappa shape index (κ1) is 13.3. The third kappa shape index (κ3) is 2.50. The molecule has 0 spiro atoms. The van der Waals surface area contributed by atoms with Crippen molar-refractivity contribution in [1.29, 1.82) is 0 Å². The van der Waals surface area contributed by atoms with Crippen LogP contribution in [0.2, 0.25) is 0 Å². The maximum absolute atomic E-state index is 12.4. The van der Waals surface area contributed by atoms with E-state index in [0.29, 0.717) is 18.7 Å². The quantitative estimate of drug-likeness (QED) is 0.700. The highest BCUT2D eigenvalue weighted by atomic mass is 16.3. The summed E-state index contributed by atoms with van der Waals surface area (Å²) in [4.78, 5) is 14.1. The molecular weight excluding hydrogens is 270 g/mol. The molecule has 5 nitrogen and oxygen atoms in total. The summed E-state index contributed by atoms with van der Waals surface area (Å²) in [7, 11) is 0. The van der Waals surface area contributed by atoms with Gasteiger partial charge in [0.2, 0.25) is 0 Å². The Morgan fingerprint density at radius 3 is 2.52 bits per heavy atom. The maximum Gasteiger partial charge on any atom is 0.254 e. The largest absolute Gasteiger partial charge is 0.508 e. The molecule has 0 bridgehead atoms. The zero-order chi connectivity index (χ0) is 15.0. The molecule has 0 atom stereocenters. The molecule has 1 amide bonds. The van der Waals surface area contributed by atoms with Crippen molar-refractivity contribution in [3.05, 3.63) is 53.1 Å². The van der Waals surface area contributed by atoms with Gasteiger partial charge in [-0.3, -0.25) is 4.79 Å². The van der Waals surface area contributed by atoms with Gasteiger partial charge in [-0.15, -0.1) is 0 Å². The van der Waals surface area contributed by atoms with Crippen LogP contribution in [-0.2, 0) is 13.0 Å². The molecule has 0 saturated heterocycles. The van der Waals surface area contributed by atoms with Crippen LogP contribution in [0.4, 0.5) is 0 Å². The Hall–Kier alpha value is -2.69. The van der Waals surface area contributed by atoms with Crippen molar-refractivity contribution in [2.75, 3.05) is 6.54 Å². The Kier molecular flexibility index (Phi) is 3.17. The fourth-order valence-electron chi connectivity index (χ4n) is 2.56. The smallest absolute Gasteiger partial charge is 0.254 e. The van der Waals surface area contributed by atoms with Gasteiger partial charge in [-0.05, 0) is 47.9 Å². The molecule has 1 aliphatic heterocycles. The van der Waals surface area contributed by atoms with Gasteiger partial charge in [0.15, 0.2) is 11.5 Å². The van der Waals surface area contributed by atoms with E-state index in [1.165, 1.54) is 18.2 Å². The Labute approximate surface area is 121 Å². The predicted octanol–water partition coefficient (Wildman–Crippen LogP) is 2.00. The second-order valence-corrected chi connectivity index (χ2v) is 5.13. The number of amides is 1. The van der Waals surface area contributed by atoms with Crippen molar-refractivity contribution in [1.82, 2.24) is 4.90 Å². The fourth-order valence-corrected chi connectivity index (χ4v) is 2.56. The van der Waals surface area contributed by atoms with Crippen LogP contribution in [0.3, 0.4) is 0 Å². The molecule has 0 aliphatic carbocycles. The number of hydrogen-bond donors (Lipinski definition) is 3. The average Bonchev–Trinajstić information content (AvgIpc) is 2.48. The molecule has 21 heavy (non-hydrogen) atoms. The molecule has 0 fully saturated rings. The molecule has 1 heterocycles. The molecule has 1 aliphatic rings. The lowest BCUT2D eigenvalue weighted by Gasteiger charge is -2.29. The summed E-state index contributed by atoms with van der Waals surface area (Å²) in [5.41, 5.74) is 2.39. The summed E-state index contributed by atoms with van der Waals surface area (Å²) < 4.78 is 0. The maximum atomic E-state index is 12.4. The van der Waals surface area contributed by atoms with Gasteiger partial charge in [0.05, 0.1) is 0 Å². The zero-order valence-corrected chi connectivity index (χ0v) is 11.3. The summed E-state index contributed by atoms with van der Waals surface area (Å²) in [5.74, 6) is -0.582. The highest BCUT2D eigenvalue weighted by Gasteiger charge is 2.22. The van der Waals surface area contributed by atoms with E-state index in [1.54, 1.807) is 17.0 Å². The van der Waals surface area contributed by atoms with Gasteiger partial charge in [0, 0.05) is 18.7 Å². The molecule has 108 valence electrons. The first-order valence-electron chi connectivity index (χ1n) is 6.66. The van der Waals surface area contributed by atoms with Gasteiger partial charge in [-0.25, -0.2) is 0 Å². The molecule has 2 aromatic carbocycles. The van der Waals surface area contributed by atoms with Gasteiger partial charge >= 0.3 is 0 Å². The molecule has 5 heteroatoms. The van der Waals surface area contributed by atoms with Crippen LogP contribution in [0.25, 0.3) is 0 Å². The van der Waals surface area contributed by atoms with E-state index in [2.05, 4.69) is 0 Å². The molecule has 0 radical (unpaired) electrons. The van der Waals surface area contributed by atoms with Crippen molar-refractivity contribution in [3.63, 3.8) is 0 Å². The normalized spacial score (nSPS) is 13.8. The van der Waals surface area contributed by atoms with Gasteiger partial charge in [0.25, 0.3) is 5.91 Å². The number of hydrogen-bond acceptors (Lipinski definition) is 4. The molecule has 3 N–H and O–H groups in total. The van der Waals surface area contributed by atoms with E-state index >= 15 is 0 Å². The number of carbonyl (C=O) groups excluding carboxylic acids is 1. The highest BCUT2D eigenvalue weighted by Crippen LogP contribution is 2.28. The minimum atomic E-state index is -0.309. The fraction of sp³-hybridized carbons (Fsp3) is 0.188. The van der Waals surface area contributed by atoms with Crippen molar-refractivity contribution in [2.24, 2.45) is 0 Å². The second-order valence-electron chi connectivity index (χ2n) is 5.13. The molecule has 0 saturated carbocycles. The topological polar surface area (TPSA) is 81.0 Å². The number of carbonyl (C=O) groups is 1. The van der Waals surface area contributed by atoms with Crippen LogP contribution in [0, 0.1) is 0 Å². The number of fused-ring (bicyclic) bond motifs is 1. The van der Waals surface area contributed by atoms with Crippen LogP contribution >= 0.6 is 0 Å². The number of phenols is 3. The van der Waals surface area contributed by atoms with E-state index in [-0.39, 0.29) is 23.2 Å². The summed E-state index contributed by atoms with van der Waals surface area (Å²) in [6, 6.07) is 9.23. The van der Waals surface area contributed by atoms with E-state index in [1.807, 2.05) is 6.07 Å². The lowest BCUT2D eigenvalue weighted by atomic mass is 9.99. The monoisotopic (exact) mass is 285 g/mol. The second kappa shape index (κ2) is 5.01. The van der Waals surface area contributed by atoms with Crippen molar-refractivity contribution >= 4 is 5.91 Å². The molecule has 0 aromatic heterocycles. The van der Waals surface area contributed by atoms with Crippen LogP contribution in [0.1, 0.15) is 21.5 Å². The van der Waals surface area contributed by atoms with Crippen LogP contribution in [-0.4, -0.2) is 32.7 Å². The number of aromatic hydroxyl groups is 3. The Morgan fingerprint density at radius 2 is 1.76 bits per heavy atom. The summed E-state index contributed by atoms with van der Waals surface area (Å²) >= 11 is 0. The summed E-state index contributed by atoms with van der Waals surface area (Å²) in [5, 5.41) is 28.3.